The smallest absolute Gasteiger partial charge is 0.227 e. The largest absolute Gasteiger partial charge is 0.493 e. The normalized spacial score (nSPS) is 10.8. The number of rotatable bonds is 7. The maximum Gasteiger partial charge on any atom is 0.227 e. The monoisotopic (exact) mass is 405 g/mol. The molecule has 0 radical (unpaired) electrons. The molecule has 3 rings (SSSR count). The third-order valence-corrected chi connectivity index (χ3v) is 4.39. The summed E-state index contributed by atoms with van der Waals surface area (Å²) in [5.74, 6) is -0.659. The van der Waals surface area contributed by atoms with Crippen molar-refractivity contribution in [2.45, 2.75) is 12.7 Å². The van der Waals surface area contributed by atoms with Crippen LogP contribution in [0.3, 0.4) is 0 Å². The van der Waals surface area contributed by atoms with E-state index in [-0.39, 0.29) is 24.0 Å². The van der Waals surface area contributed by atoms with Gasteiger partial charge in [0.2, 0.25) is 5.95 Å². The van der Waals surface area contributed by atoms with Gasteiger partial charge in [-0.3, -0.25) is 0 Å². The lowest BCUT2D eigenvalue weighted by Crippen LogP contribution is -2.03. The van der Waals surface area contributed by atoms with Crippen molar-refractivity contribution in [1.29, 1.82) is 0 Å². The Morgan fingerprint density at radius 2 is 1.89 bits per heavy atom. The lowest BCUT2D eigenvalue weighted by molar-refractivity contribution is 0.339. The van der Waals surface area contributed by atoms with E-state index in [1.807, 2.05) is 6.26 Å². The quantitative estimate of drug-likeness (QED) is 0.557. The Kier molecular flexibility index (Phi) is 6.41. The number of aromatic nitrogens is 2. The Morgan fingerprint density at radius 1 is 1.07 bits per heavy atom. The molecule has 0 fully saturated rings. The standard InChI is InChI=1S/C20H18F3N3OS/c1-3-27-18-9-13(21)4-5-16(18)19-17(23)10-24-20(26-19)25-15-7-12(11-28-2)6-14(22)8-15/h4-10H,3,11H2,1-2H3,(H,24,25,26). The summed E-state index contributed by atoms with van der Waals surface area (Å²) in [4.78, 5) is 8.11. The van der Waals surface area contributed by atoms with Gasteiger partial charge in [0.15, 0.2) is 5.82 Å². The van der Waals surface area contributed by atoms with Gasteiger partial charge < -0.3 is 10.1 Å². The molecule has 1 heterocycles. The van der Waals surface area contributed by atoms with Crippen LogP contribution in [-0.4, -0.2) is 22.8 Å². The molecular weight excluding hydrogens is 387 g/mol. The zero-order valence-electron chi connectivity index (χ0n) is 15.3. The Hall–Kier alpha value is -2.74. The molecule has 0 saturated heterocycles. The van der Waals surface area contributed by atoms with Crippen molar-refractivity contribution in [2.75, 3.05) is 18.2 Å². The van der Waals surface area contributed by atoms with E-state index in [0.29, 0.717) is 17.0 Å². The minimum atomic E-state index is -0.680. The number of thioether (sulfide) groups is 1. The van der Waals surface area contributed by atoms with Crippen LogP contribution in [0.15, 0.2) is 42.6 Å². The van der Waals surface area contributed by atoms with E-state index in [4.69, 9.17) is 4.74 Å². The Balaban J connectivity index is 1.97. The van der Waals surface area contributed by atoms with Gasteiger partial charge >= 0.3 is 0 Å². The Bertz CT molecular complexity index is 985. The van der Waals surface area contributed by atoms with Gasteiger partial charge in [0.25, 0.3) is 0 Å². The fraction of sp³-hybridized carbons (Fsp3) is 0.200. The van der Waals surface area contributed by atoms with E-state index in [1.165, 1.54) is 30.3 Å². The number of hydrogen-bond acceptors (Lipinski definition) is 5. The fourth-order valence-corrected chi connectivity index (χ4v) is 3.18. The molecule has 0 spiro atoms. The van der Waals surface area contributed by atoms with E-state index in [1.54, 1.807) is 24.8 Å². The Labute approximate surface area is 165 Å². The van der Waals surface area contributed by atoms with E-state index in [0.717, 1.165) is 11.8 Å². The van der Waals surface area contributed by atoms with Crippen molar-refractivity contribution in [3.05, 3.63) is 65.6 Å². The molecule has 0 unspecified atom stereocenters. The number of hydrogen-bond donors (Lipinski definition) is 1. The van der Waals surface area contributed by atoms with Gasteiger partial charge in [-0.05, 0) is 49.1 Å². The SMILES string of the molecule is CCOc1cc(F)ccc1-c1nc(Nc2cc(F)cc(CSC)c2)ncc1F. The maximum atomic E-state index is 14.4. The van der Waals surface area contributed by atoms with Crippen LogP contribution in [0, 0.1) is 17.5 Å². The van der Waals surface area contributed by atoms with E-state index in [9.17, 15) is 13.2 Å². The van der Waals surface area contributed by atoms with Gasteiger partial charge in [0, 0.05) is 23.1 Å². The molecule has 28 heavy (non-hydrogen) atoms. The minimum absolute atomic E-state index is 0.0401. The van der Waals surface area contributed by atoms with Crippen molar-refractivity contribution >= 4 is 23.4 Å². The minimum Gasteiger partial charge on any atom is -0.493 e. The lowest BCUT2D eigenvalue weighted by Gasteiger charge is -2.12. The predicted molar refractivity (Wildman–Crippen MR) is 105 cm³/mol. The summed E-state index contributed by atoms with van der Waals surface area (Å²) >= 11 is 1.57. The second-order valence-electron chi connectivity index (χ2n) is 5.87. The molecule has 8 heteroatoms. The number of nitrogens with one attached hydrogen (secondary N) is 1. The van der Waals surface area contributed by atoms with Crippen LogP contribution in [0.4, 0.5) is 24.8 Å². The highest BCUT2D eigenvalue weighted by molar-refractivity contribution is 7.97. The topological polar surface area (TPSA) is 47.0 Å². The predicted octanol–water partition coefficient (Wildman–Crippen LogP) is 5.57. The van der Waals surface area contributed by atoms with Crippen LogP contribution < -0.4 is 10.1 Å². The van der Waals surface area contributed by atoms with Crippen LogP contribution in [0.1, 0.15) is 12.5 Å². The molecule has 4 nitrogen and oxygen atoms in total. The molecular formula is C20H18F3N3OS. The lowest BCUT2D eigenvalue weighted by atomic mass is 10.1. The molecule has 1 aromatic heterocycles. The van der Waals surface area contributed by atoms with E-state index < -0.39 is 17.5 Å². The number of ether oxygens (including phenoxy) is 1. The summed E-state index contributed by atoms with van der Waals surface area (Å²) in [5.41, 5.74) is 1.51. The summed E-state index contributed by atoms with van der Waals surface area (Å²) in [6.45, 7) is 2.03. The van der Waals surface area contributed by atoms with Gasteiger partial charge in [-0.2, -0.15) is 11.8 Å². The summed E-state index contributed by atoms with van der Waals surface area (Å²) in [6, 6.07) is 8.30. The summed E-state index contributed by atoms with van der Waals surface area (Å²) in [6.07, 6.45) is 2.93. The number of nitrogens with zero attached hydrogens (tertiary/aromatic N) is 2. The highest BCUT2D eigenvalue weighted by Crippen LogP contribution is 2.32. The molecule has 0 amide bonds. The first-order valence-corrected chi connectivity index (χ1v) is 9.90. The Morgan fingerprint density at radius 3 is 2.64 bits per heavy atom. The summed E-state index contributed by atoms with van der Waals surface area (Å²) in [7, 11) is 0. The van der Waals surface area contributed by atoms with Crippen molar-refractivity contribution < 1.29 is 17.9 Å². The number of benzene rings is 2. The van der Waals surface area contributed by atoms with Crippen LogP contribution >= 0.6 is 11.8 Å². The van der Waals surface area contributed by atoms with Gasteiger partial charge in [0.1, 0.15) is 23.1 Å². The second-order valence-corrected chi connectivity index (χ2v) is 6.74. The molecule has 146 valence electrons. The van der Waals surface area contributed by atoms with Crippen LogP contribution in [0.2, 0.25) is 0 Å². The summed E-state index contributed by atoms with van der Waals surface area (Å²) < 4.78 is 47.2. The molecule has 1 N–H and O–H groups in total. The summed E-state index contributed by atoms with van der Waals surface area (Å²) in [5, 5.41) is 2.89. The van der Waals surface area contributed by atoms with E-state index in [2.05, 4.69) is 15.3 Å². The van der Waals surface area contributed by atoms with Crippen molar-refractivity contribution in [3.63, 3.8) is 0 Å². The van der Waals surface area contributed by atoms with Gasteiger partial charge in [0.05, 0.1) is 12.8 Å². The van der Waals surface area contributed by atoms with Crippen molar-refractivity contribution in [2.24, 2.45) is 0 Å². The highest BCUT2D eigenvalue weighted by Gasteiger charge is 2.16. The average molecular weight is 405 g/mol. The average Bonchev–Trinajstić information content (AvgIpc) is 2.64. The first-order valence-electron chi connectivity index (χ1n) is 8.51. The fourth-order valence-electron chi connectivity index (χ4n) is 2.68. The third-order valence-electron chi connectivity index (χ3n) is 3.77. The van der Waals surface area contributed by atoms with Crippen LogP contribution in [0.25, 0.3) is 11.3 Å². The van der Waals surface area contributed by atoms with Crippen LogP contribution in [-0.2, 0) is 5.75 Å². The molecule has 0 atom stereocenters. The number of halogens is 3. The second kappa shape index (κ2) is 8.97. The van der Waals surface area contributed by atoms with E-state index >= 15 is 0 Å². The molecule has 0 aliphatic heterocycles. The van der Waals surface area contributed by atoms with Gasteiger partial charge in [-0.15, -0.1) is 0 Å². The third kappa shape index (κ3) is 4.75. The molecule has 0 aliphatic carbocycles. The first kappa shape index (κ1) is 20.0. The zero-order chi connectivity index (χ0) is 20.1. The molecule has 0 aliphatic rings. The molecule has 0 saturated carbocycles. The molecule has 0 bridgehead atoms. The van der Waals surface area contributed by atoms with Crippen molar-refractivity contribution in [3.8, 4) is 17.0 Å². The van der Waals surface area contributed by atoms with Gasteiger partial charge in [-0.25, -0.2) is 23.1 Å². The van der Waals surface area contributed by atoms with Gasteiger partial charge in [-0.1, -0.05) is 0 Å². The number of anilines is 2. The van der Waals surface area contributed by atoms with Crippen LogP contribution in [0.5, 0.6) is 5.75 Å². The zero-order valence-corrected chi connectivity index (χ0v) is 16.1. The maximum absolute atomic E-state index is 14.4. The van der Waals surface area contributed by atoms with Crippen molar-refractivity contribution in [1.82, 2.24) is 9.97 Å². The highest BCUT2D eigenvalue weighted by atomic mass is 32.2. The molecule has 3 aromatic rings. The molecule has 2 aromatic carbocycles. The first-order chi connectivity index (χ1) is 13.5.